The lowest BCUT2D eigenvalue weighted by atomic mass is 9.78. The number of esters is 1. The number of phenols is 3. The highest BCUT2D eigenvalue weighted by atomic mass is 16.7. The molecule has 17 heteroatoms. The molecule has 0 fully saturated rings. The number of pyridine rings is 1. The van der Waals surface area contributed by atoms with E-state index in [2.05, 4.69) is 10.3 Å². The summed E-state index contributed by atoms with van der Waals surface area (Å²) in [6, 6.07) is 4.23. The first kappa shape index (κ1) is 46.7. The molecule has 3 aliphatic rings. The largest absolute Gasteiger partial charge is 0.507 e. The molecule has 0 spiro atoms. The van der Waals surface area contributed by atoms with Crippen LogP contribution in [0, 0.1) is 30.6 Å². The molecule has 3 aromatic rings. The van der Waals surface area contributed by atoms with Crippen molar-refractivity contribution >= 4 is 40.0 Å². The maximum Gasteiger partial charge on any atom is 0.312 e. The molecule has 3 aliphatic heterocycles. The zero-order valence-electron chi connectivity index (χ0n) is 34.9. The van der Waals surface area contributed by atoms with E-state index in [1.165, 1.54) is 65.6 Å². The number of ether oxygens (including phenoxy) is 4. The van der Waals surface area contributed by atoms with E-state index in [0.717, 1.165) is 6.07 Å². The molecule has 0 unspecified atom stereocenters. The summed E-state index contributed by atoms with van der Waals surface area (Å²) < 4.78 is 23.2. The van der Waals surface area contributed by atoms with E-state index in [0.29, 0.717) is 5.56 Å². The van der Waals surface area contributed by atoms with Gasteiger partial charge in [0.2, 0.25) is 0 Å². The van der Waals surface area contributed by atoms with Gasteiger partial charge in [0.05, 0.1) is 41.2 Å². The number of rotatable bonds is 3. The third kappa shape index (κ3) is 9.71. The first-order valence-electron chi connectivity index (χ1n) is 19.2. The van der Waals surface area contributed by atoms with E-state index in [-0.39, 0.29) is 44.8 Å². The highest BCUT2D eigenvalue weighted by molar-refractivity contribution is 6.21. The number of hydrazine groups is 1. The van der Waals surface area contributed by atoms with Gasteiger partial charge < -0.3 is 49.8 Å². The van der Waals surface area contributed by atoms with Gasteiger partial charge in [0.25, 0.3) is 17.6 Å². The van der Waals surface area contributed by atoms with Crippen LogP contribution in [0.15, 0.2) is 66.7 Å². The third-order valence-corrected chi connectivity index (χ3v) is 10.9. The van der Waals surface area contributed by atoms with Gasteiger partial charge in [-0.1, -0.05) is 45.9 Å². The van der Waals surface area contributed by atoms with Crippen LogP contribution in [0.4, 0.5) is 5.69 Å². The molecule has 2 amide bonds. The minimum absolute atomic E-state index is 0.0709. The lowest BCUT2D eigenvalue weighted by Crippen LogP contribution is -2.46. The van der Waals surface area contributed by atoms with Crippen molar-refractivity contribution in [2.24, 2.45) is 29.5 Å². The van der Waals surface area contributed by atoms with Crippen molar-refractivity contribution in [3.05, 3.63) is 83.4 Å². The minimum Gasteiger partial charge on any atom is -0.507 e. The van der Waals surface area contributed by atoms with E-state index in [9.17, 15) is 44.7 Å². The van der Waals surface area contributed by atoms with E-state index in [4.69, 9.17) is 24.8 Å². The number of ketones is 1. The number of amides is 2. The fourth-order valence-electron chi connectivity index (χ4n) is 7.24. The van der Waals surface area contributed by atoms with Crippen molar-refractivity contribution in [3.8, 4) is 23.0 Å². The van der Waals surface area contributed by atoms with E-state index >= 15 is 0 Å². The summed E-state index contributed by atoms with van der Waals surface area (Å²) in [5, 5.41) is 58.2. The van der Waals surface area contributed by atoms with Gasteiger partial charge in [-0.15, -0.1) is 0 Å². The number of hydrogen-bond acceptors (Lipinski definition) is 15. The number of nitrogens with one attached hydrogen (secondary N) is 2. The molecule has 1 aromatic heterocycles. The molecule has 0 saturated carbocycles. The van der Waals surface area contributed by atoms with Gasteiger partial charge in [0.15, 0.2) is 5.75 Å². The number of methoxy groups -OCH3 is 1. The second-order valence-corrected chi connectivity index (χ2v) is 15.1. The lowest BCUT2D eigenvalue weighted by Gasteiger charge is -2.38. The number of aromatic hydroxyl groups is 3. The van der Waals surface area contributed by atoms with Gasteiger partial charge in [-0.25, -0.2) is 5.84 Å². The maximum absolute atomic E-state index is 13.9. The molecule has 17 nitrogen and oxygen atoms in total. The number of carbonyl (C=O) groups excluding carboxylic acids is 4. The molecule has 0 radical (unpaired) electrons. The SMILES string of the molecule is CO[C@H]1/C=C/O[C@@]2(C)Oc3c(C)c(O)c4c(O)c(cc(O)c4c3C2=O)NC(=O)/C(C)=C\C=C\[C@H](C)[C@H](O)[C@@H](C)[C@@H](O)[C@@H](C)[C@H](OC(C)=O)[C@@H]1C.NNC(=O)c1ccncc1. The van der Waals surface area contributed by atoms with Crippen molar-refractivity contribution in [3.63, 3.8) is 0 Å². The zero-order chi connectivity index (χ0) is 44.8. The highest BCUT2D eigenvalue weighted by Gasteiger charge is 2.49. The molecule has 0 saturated heterocycles. The van der Waals surface area contributed by atoms with Crippen LogP contribution in [0.25, 0.3) is 10.8 Å². The van der Waals surface area contributed by atoms with Gasteiger partial charge in [-0.2, -0.15) is 0 Å². The number of nitrogens with two attached hydrogens (primary N) is 1. The number of carbonyl (C=O) groups is 4. The minimum atomic E-state index is -1.98. The lowest BCUT2D eigenvalue weighted by molar-refractivity contribution is -0.160. The standard InChI is InChI=1S/C37H47NO12.C6H7N3O/c1-16-11-10-12-17(2)36(46)38-23-15-24(40)26-27(32(23)44)31(43)21(6)34-28(26)35(45)37(8,50-34)48-14-13-25(47-9)18(3)33(49-22(7)39)20(5)30(42)19(4)29(16)41;7-9-6(10)5-1-3-8-4-2-5/h10-16,18-20,25,29-30,33,40-44H,1-9H3,(H,38,46);1-4H,7H2,(H,9,10)/b11-10+,14-13+,17-12-;/t16-,18+,19+,20+,25-,29-,30+,33+,37-;/m0./s1. The Kier molecular flexibility index (Phi) is 15.1. The Morgan fingerprint density at radius 1 is 0.950 bits per heavy atom. The summed E-state index contributed by atoms with van der Waals surface area (Å²) in [5.74, 6) is -3.41. The monoisotopic (exact) mass is 834 g/mol. The van der Waals surface area contributed by atoms with Gasteiger partial charge in [0.1, 0.15) is 23.4 Å². The van der Waals surface area contributed by atoms with Crippen LogP contribution in [0.3, 0.4) is 0 Å². The average molecular weight is 835 g/mol. The number of benzene rings is 2. The number of hydrogen-bond donors (Lipinski definition) is 8. The van der Waals surface area contributed by atoms with Crippen molar-refractivity contribution in [2.45, 2.75) is 85.6 Å². The number of aliphatic hydroxyl groups excluding tert-OH is 2. The van der Waals surface area contributed by atoms with Gasteiger partial charge in [0, 0.05) is 85.2 Å². The van der Waals surface area contributed by atoms with Crippen LogP contribution in [0.1, 0.15) is 74.7 Å². The van der Waals surface area contributed by atoms with Gasteiger partial charge in [-0.05, 0) is 32.1 Å². The molecule has 324 valence electrons. The number of nitrogen functional groups attached to an aromatic ring is 1. The Labute approximate surface area is 347 Å². The van der Waals surface area contributed by atoms with Crippen molar-refractivity contribution in [1.29, 1.82) is 0 Å². The highest BCUT2D eigenvalue weighted by Crippen LogP contribution is 2.53. The number of fused-ring (bicyclic) bond motifs is 14. The van der Waals surface area contributed by atoms with Crippen LogP contribution < -0.4 is 21.3 Å². The summed E-state index contributed by atoms with van der Waals surface area (Å²) in [7, 11) is 1.43. The number of anilines is 1. The third-order valence-electron chi connectivity index (χ3n) is 10.9. The van der Waals surface area contributed by atoms with Crippen LogP contribution in [0.5, 0.6) is 23.0 Å². The normalized spacial score (nSPS) is 29.2. The molecular formula is C43H54N4O13. The second kappa shape index (κ2) is 19.4. The number of aromatic nitrogens is 1. The smallest absolute Gasteiger partial charge is 0.312 e. The summed E-state index contributed by atoms with van der Waals surface area (Å²) in [6.45, 7) is 12.5. The fraction of sp³-hybridized carbons (Fsp3) is 0.419. The molecule has 9 N–H and O–H groups in total. The molecule has 5 bridgehead atoms. The van der Waals surface area contributed by atoms with Gasteiger partial charge in [-0.3, -0.25) is 29.6 Å². The Balaban J connectivity index is 0.000000693. The maximum atomic E-state index is 13.9. The van der Waals surface area contributed by atoms with Crippen molar-refractivity contribution in [1.82, 2.24) is 10.4 Å². The summed E-state index contributed by atoms with van der Waals surface area (Å²) >= 11 is 0. The predicted octanol–water partition coefficient (Wildman–Crippen LogP) is 4.44. The van der Waals surface area contributed by atoms with Crippen molar-refractivity contribution in [2.75, 3.05) is 12.4 Å². The summed E-state index contributed by atoms with van der Waals surface area (Å²) in [4.78, 5) is 53.7. The first-order chi connectivity index (χ1) is 28.2. The van der Waals surface area contributed by atoms with Crippen LogP contribution >= 0.6 is 0 Å². The molecular weight excluding hydrogens is 780 g/mol. The molecule has 4 heterocycles. The summed E-state index contributed by atoms with van der Waals surface area (Å²) in [5.41, 5.74) is 2.43. The average Bonchev–Trinajstić information content (AvgIpc) is 3.49. The van der Waals surface area contributed by atoms with E-state index in [1.54, 1.807) is 52.0 Å². The van der Waals surface area contributed by atoms with Crippen LogP contribution in [-0.4, -0.2) is 91.4 Å². The molecule has 9 atom stereocenters. The molecule has 6 rings (SSSR count). The Morgan fingerprint density at radius 3 is 2.20 bits per heavy atom. The number of allylic oxidation sites excluding steroid dienone is 2. The van der Waals surface area contributed by atoms with Crippen LogP contribution in [0.2, 0.25) is 0 Å². The number of aliphatic hydroxyl groups is 2. The number of phenolic OH excluding ortho intramolecular Hbond substituents is 3. The number of nitrogens with zero attached hydrogens (tertiary/aromatic N) is 1. The number of Topliss-reactive ketones (excluding diaryl/α,β-unsaturated/α-hetero) is 1. The molecule has 0 aliphatic carbocycles. The quantitative estimate of drug-likeness (QED) is 0.0453. The van der Waals surface area contributed by atoms with Crippen molar-refractivity contribution < 1.29 is 63.7 Å². The second-order valence-electron chi connectivity index (χ2n) is 15.1. The fourth-order valence-corrected chi connectivity index (χ4v) is 7.24. The predicted molar refractivity (Wildman–Crippen MR) is 220 cm³/mol. The Hall–Kier alpha value is -6.01. The van der Waals surface area contributed by atoms with E-state index < -0.39 is 88.8 Å². The molecule has 60 heavy (non-hydrogen) atoms. The van der Waals surface area contributed by atoms with E-state index in [1.807, 2.05) is 5.43 Å². The Morgan fingerprint density at radius 2 is 1.60 bits per heavy atom. The first-order valence-corrected chi connectivity index (χ1v) is 19.2. The summed E-state index contributed by atoms with van der Waals surface area (Å²) in [6.07, 6.45) is 6.68. The topological polar surface area (TPSA) is 269 Å². The Bertz CT molecular complexity index is 2190. The molecule has 2 aromatic carbocycles. The van der Waals surface area contributed by atoms with Crippen LogP contribution in [-0.2, 0) is 23.8 Å². The van der Waals surface area contributed by atoms with Gasteiger partial charge >= 0.3 is 11.8 Å². The zero-order valence-corrected chi connectivity index (χ0v) is 34.9.